The van der Waals surface area contributed by atoms with Crippen LogP contribution in [0.4, 0.5) is 4.39 Å². The highest BCUT2D eigenvalue weighted by molar-refractivity contribution is 6.31. The van der Waals surface area contributed by atoms with Crippen LogP contribution in [-0.2, 0) is 6.42 Å². The fourth-order valence-corrected chi connectivity index (χ4v) is 1.95. The maximum absolute atomic E-state index is 13.3. The van der Waals surface area contributed by atoms with Gasteiger partial charge in [0, 0.05) is 12.0 Å². The van der Waals surface area contributed by atoms with Crippen molar-refractivity contribution in [1.82, 2.24) is 0 Å². The standard InChI is InChI=1S/C15H12ClFO2/c1-19-12-6-2-4-10(8-12)14(18)9-11-5-3-7-13(17)15(11)16/h2-8H,9H2,1H3. The lowest BCUT2D eigenvalue weighted by Crippen LogP contribution is -2.04. The minimum Gasteiger partial charge on any atom is -0.497 e. The molecule has 4 heteroatoms. The van der Waals surface area contributed by atoms with Gasteiger partial charge in [0.2, 0.25) is 0 Å². The van der Waals surface area contributed by atoms with E-state index in [9.17, 15) is 9.18 Å². The van der Waals surface area contributed by atoms with Gasteiger partial charge < -0.3 is 4.74 Å². The first kappa shape index (κ1) is 13.6. The van der Waals surface area contributed by atoms with Crippen LogP contribution in [0.5, 0.6) is 5.75 Å². The van der Waals surface area contributed by atoms with Gasteiger partial charge in [-0.15, -0.1) is 0 Å². The first-order chi connectivity index (χ1) is 9.11. The van der Waals surface area contributed by atoms with Crippen LogP contribution >= 0.6 is 11.6 Å². The molecule has 2 aromatic rings. The zero-order valence-electron chi connectivity index (χ0n) is 10.3. The van der Waals surface area contributed by atoms with Gasteiger partial charge in [-0.2, -0.15) is 0 Å². The third-order valence-electron chi connectivity index (χ3n) is 2.77. The molecule has 0 N–H and O–H groups in total. The average molecular weight is 279 g/mol. The van der Waals surface area contributed by atoms with Crippen LogP contribution in [0.1, 0.15) is 15.9 Å². The van der Waals surface area contributed by atoms with E-state index in [4.69, 9.17) is 16.3 Å². The smallest absolute Gasteiger partial charge is 0.167 e. The lowest BCUT2D eigenvalue weighted by molar-refractivity contribution is 0.0992. The van der Waals surface area contributed by atoms with Gasteiger partial charge >= 0.3 is 0 Å². The van der Waals surface area contributed by atoms with Crippen LogP contribution in [0.3, 0.4) is 0 Å². The molecule has 0 saturated carbocycles. The summed E-state index contributed by atoms with van der Waals surface area (Å²) in [6.45, 7) is 0. The van der Waals surface area contributed by atoms with Crippen molar-refractivity contribution in [2.24, 2.45) is 0 Å². The minimum atomic E-state index is -0.516. The number of ketones is 1. The maximum Gasteiger partial charge on any atom is 0.167 e. The van der Waals surface area contributed by atoms with Crippen LogP contribution in [-0.4, -0.2) is 12.9 Å². The summed E-state index contributed by atoms with van der Waals surface area (Å²) in [6.07, 6.45) is 0.0593. The Morgan fingerprint density at radius 2 is 2.00 bits per heavy atom. The molecule has 0 aromatic heterocycles. The molecule has 0 radical (unpaired) electrons. The van der Waals surface area contributed by atoms with Crippen molar-refractivity contribution < 1.29 is 13.9 Å². The zero-order chi connectivity index (χ0) is 13.8. The minimum absolute atomic E-state index is 0.00116. The number of Topliss-reactive ketones (excluding diaryl/α,β-unsaturated/α-hetero) is 1. The SMILES string of the molecule is COc1cccc(C(=O)Cc2cccc(F)c2Cl)c1. The lowest BCUT2D eigenvalue weighted by atomic mass is 10.0. The van der Waals surface area contributed by atoms with Gasteiger partial charge in [0.25, 0.3) is 0 Å². The van der Waals surface area contributed by atoms with E-state index in [1.165, 1.54) is 19.2 Å². The van der Waals surface area contributed by atoms with E-state index in [-0.39, 0.29) is 17.2 Å². The van der Waals surface area contributed by atoms with Gasteiger partial charge in [0.05, 0.1) is 12.1 Å². The molecule has 2 rings (SSSR count). The molecule has 98 valence electrons. The van der Waals surface area contributed by atoms with Gasteiger partial charge in [-0.05, 0) is 23.8 Å². The number of ether oxygens (including phenoxy) is 1. The Hall–Kier alpha value is -1.87. The zero-order valence-corrected chi connectivity index (χ0v) is 11.1. The summed E-state index contributed by atoms with van der Waals surface area (Å²) >= 11 is 5.83. The number of carbonyl (C=O) groups is 1. The molecule has 0 heterocycles. The highest BCUT2D eigenvalue weighted by Gasteiger charge is 2.12. The second-order valence-corrected chi connectivity index (χ2v) is 4.42. The molecule has 19 heavy (non-hydrogen) atoms. The van der Waals surface area contributed by atoms with E-state index < -0.39 is 5.82 Å². The van der Waals surface area contributed by atoms with Crippen molar-refractivity contribution in [3.05, 3.63) is 64.4 Å². The quantitative estimate of drug-likeness (QED) is 0.793. The summed E-state index contributed by atoms with van der Waals surface area (Å²) in [5.74, 6) is -0.0415. The van der Waals surface area contributed by atoms with Crippen LogP contribution in [0.15, 0.2) is 42.5 Å². The van der Waals surface area contributed by atoms with Gasteiger partial charge in [-0.1, -0.05) is 35.9 Å². The predicted octanol–water partition coefficient (Wildman–Crippen LogP) is 3.91. The summed E-state index contributed by atoms with van der Waals surface area (Å²) in [5.41, 5.74) is 0.995. The van der Waals surface area contributed by atoms with E-state index in [1.807, 2.05) is 0 Å². The summed E-state index contributed by atoms with van der Waals surface area (Å²) in [4.78, 5) is 12.1. The number of hydrogen-bond acceptors (Lipinski definition) is 2. The third-order valence-corrected chi connectivity index (χ3v) is 3.20. The Morgan fingerprint density at radius 1 is 1.26 bits per heavy atom. The Kier molecular flexibility index (Phi) is 4.17. The molecule has 0 fully saturated rings. The van der Waals surface area contributed by atoms with Crippen LogP contribution in [0, 0.1) is 5.82 Å². The van der Waals surface area contributed by atoms with E-state index in [2.05, 4.69) is 0 Å². The normalized spacial score (nSPS) is 10.3. The molecule has 0 unspecified atom stereocenters. The molecule has 0 aliphatic heterocycles. The van der Waals surface area contributed by atoms with Crippen molar-refractivity contribution in [1.29, 1.82) is 0 Å². The Bertz CT molecular complexity index is 611. The highest BCUT2D eigenvalue weighted by atomic mass is 35.5. The monoisotopic (exact) mass is 278 g/mol. The largest absolute Gasteiger partial charge is 0.497 e. The number of carbonyl (C=O) groups excluding carboxylic acids is 1. The Morgan fingerprint density at radius 3 is 2.74 bits per heavy atom. The average Bonchev–Trinajstić information content (AvgIpc) is 2.44. The molecule has 0 amide bonds. The molecular formula is C15H12ClFO2. The number of benzene rings is 2. The highest BCUT2D eigenvalue weighted by Crippen LogP contribution is 2.22. The fourth-order valence-electron chi connectivity index (χ4n) is 1.76. The lowest BCUT2D eigenvalue weighted by Gasteiger charge is -2.06. The van der Waals surface area contributed by atoms with Crippen molar-refractivity contribution in [2.75, 3.05) is 7.11 Å². The first-order valence-corrected chi connectivity index (χ1v) is 6.09. The van der Waals surface area contributed by atoms with Gasteiger partial charge in [-0.3, -0.25) is 4.79 Å². The molecule has 0 aliphatic rings. The van der Waals surface area contributed by atoms with E-state index in [0.717, 1.165) is 0 Å². The van der Waals surface area contributed by atoms with Crippen LogP contribution in [0.25, 0.3) is 0 Å². The Balaban J connectivity index is 2.23. The molecular weight excluding hydrogens is 267 g/mol. The van der Waals surface area contributed by atoms with Crippen molar-refractivity contribution >= 4 is 17.4 Å². The third kappa shape index (κ3) is 3.12. The van der Waals surface area contributed by atoms with E-state index in [1.54, 1.807) is 30.3 Å². The second kappa shape index (κ2) is 5.85. The maximum atomic E-state index is 13.3. The molecule has 0 saturated heterocycles. The van der Waals surface area contributed by atoms with Gasteiger partial charge in [-0.25, -0.2) is 4.39 Å². The summed E-state index contributed by atoms with van der Waals surface area (Å²) in [5, 5.41) is -0.00116. The second-order valence-electron chi connectivity index (χ2n) is 4.04. The van der Waals surface area contributed by atoms with Gasteiger partial charge in [0.15, 0.2) is 5.78 Å². The molecule has 0 aliphatic carbocycles. The summed E-state index contributed by atoms with van der Waals surface area (Å²) in [6, 6.07) is 11.3. The van der Waals surface area contributed by atoms with Crippen LogP contribution in [0.2, 0.25) is 5.02 Å². The van der Waals surface area contributed by atoms with Crippen molar-refractivity contribution in [3.8, 4) is 5.75 Å². The topological polar surface area (TPSA) is 26.3 Å². The number of halogens is 2. The predicted molar refractivity (Wildman–Crippen MR) is 72.4 cm³/mol. The van der Waals surface area contributed by atoms with Crippen molar-refractivity contribution in [3.63, 3.8) is 0 Å². The number of methoxy groups -OCH3 is 1. The molecule has 0 bridgehead atoms. The van der Waals surface area contributed by atoms with Gasteiger partial charge in [0.1, 0.15) is 11.6 Å². The van der Waals surface area contributed by atoms with Crippen LogP contribution < -0.4 is 4.74 Å². The molecule has 2 aromatic carbocycles. The molecule has 0 atom stereocenters. The fraction of sp³-hybridized carbons (Fsp3) is 0.133. The number of rotatable bonds is 4. The summed E-state index contributed by atoms with van der Waals surface area (Å²) in [7, 11) is 1.53. The van der Waals surface area contributed by atoms with E-state index >= 15 is 0 Å². The first-order valence-electron chi connectivity index (χ1n) is 5.72. The molecule has 2 nitrogen and oxygen atoms in total. The molecule has 0 spiro atoms. The summed E-state index contributed by atoms with van der Waals surface area (Å²) < 4.78 is 18.3. The number of hydrogen-bond donors (Lipinski definition) is 0. The van der Waals surface area contributed by atoms with Crippen molar-refractivity contribution in [2.45, 2.75) is 6.42 Å². The van der Waals surface area contributed by atoms with E-state index in [0.29, 0.717) is 16.9 Å². The Labute approximate surface area is 115 Å².